The number of piperidine rings is 1. The third-order valence-electron chi connectivity index (χ3n) is 4.06. The van der Waals surface area contributed by atoms with Crippen LogP contribution < -0.4 is 5.73 Å². The number of nitrogen functional groups attached to an aromatic ring is 1. The van der Waals surface area contributed by atoms with E-state index in [2.05, 4.69) is 9.97 Å². The highest BCUT2D eigenvalue weighted by molar-refractivity contribution is 5.70. The van der Waals surface area contributed by atoms with Crippen LogP contribution in [0.3, 0.4) is 0 Å². The molecular weight excluding hydrogens is 268 g/mol. The van der Waals surface area contributed by atoms with Crippen molar-refractivity contribution in [1.82, 2.24) is 14.9 Å². The summed E-state index contributed by atoms with van der Waals surface area (Å²) in [5.41, 5.74) is 7.20. The molecule has 1 aromatic rings. The zero-order valence-electron chi connectivity index (χ0n) is 12.8. The summed E-state index contributed by atoms with van der Waals surface area (Å²) < 4.78 is 5.57. The molecule has 114 valence electrons. The standard InChI is InChI=1S/C15H22N4O2/c1-15(2,3)21-14(20)19-9-5-4-6-12(19)10-8-17-13(16)18-11(10)7-9/h8-9,12H,4-7H2,1-3H3,(H2,16,17,18). The number of fused-ring (bicyclic) bond motifs is 4. The van der Waals surface area contributed by atoms with Gasteiger partial charge in [-0.2, -0.15) is 0 Å². The fraction of sp³-hybridized carbons (Fsp3) is 0.667. The van der Waals surface area contributed by atoms with Gasteiger partial charge in [0, 0.05) is 24.2 Å². The maximum Gasteiger partial charge on any atom is 0.411 e. The van der Waals surface area contributed by atoms with Crippen LogP contribution in [0, 0.1) is 0 Å². The maximum atomic E-state index is 12.5. The molecule has 3 heterocycles. The Balaban J connectivity index is 1.93. The summed E-state index contributed by atoms with van der Waals surface area (Å²) in [6.45, 7) is 5.67. The maximum absolute atomic E-state index is 12.5. The Kier molecular flexibility index (Phi) is 3.26. The molecule has 0 saturated carbocycles. The first-order chi connectivity index (χ1) is 9.85. The molecule has 0 spiro atoms. The van der Waals surface area contributed by atoms with Gasteiger partial charge in [-0.25, -0.2) is 14.8 Å². The molecule has 2 unspecified atom stereocenters. The third kappa shape index (κ3) is 2.66. The Hall–Kier alpha value is -1.85. The van der Waals surface area contributed by atoms with Gasteiger partial charge in [-0.3, -0.25) is 4.90 Å². The van der Waals surface area contributed by atoms with Gasteiger partial charge in [0.1, 0.15) is 5.60 Å². The number of ether oxygens (including phenoxy) is 1. The molecule has 0 radical (unpaired) electrons. The van der Waals surface area contributed by atoms with Crippen LogP contribution in [0.2, 0.25) is 0 Å². The first kappa shape index (κ1) is 14.1. The number of anilines is 1. The van der Waals surface area contributed by atoms with Crippen LogP contribution in [0.1, 0.15) is 57.3 Å². The van der Waals surface area contributed by atoms with E-state index in [1.807, 2.05) is 25.7 Å². The number of aromatic nitrogens is 2. The quantitative estimate of drug-likeness (QED) is 0.793. The molecular formula is C15H22N4O2. The van der Waals surface area contributed by atoms with Crippen molar-refractivity contribution in [2.24, 2.45) is 0 Å². The fourth-order valence-corrected chi connectivity index (χ4v) is 3.28. The first-order valence-corrected chi connectivity index (χ1v) is 7.48. The Morgan fingerprint density at radius 1 is 1.43 bits per heavy atom. The monoisotopic (exact) mass is 290 g/mol. The average molecular weight is 290 g/mol. The van der Waals surface area contributed by atoms with Crippen molar-refractivity contribution in [3.05, 3.63) is 17.5 Å². The lowest BCUT2D eigenvalue weighted by atomic mass is 9.83. The number of hydrogen-bond donors (Lipinski definition) is 1. The van der Waals surface area contributed by atoms with Gasteiger partial charge in [0.25, 0.3) is 0 Å². The van der Waals surface area contributed by atoms with Crippen LogP contribution in [-0.4, -0.2) is 32.6 Å². The summed E-state index contributed by atoms with van der Waals surface area (Å²) in [6.07, 6.45) is 5.28. The number of amides is 1. The summed E-state index contributed by atoms with van der Waals surface area (Å²) in [5, 5.41) is 0. The van der Waals surface area contributed by atoms with Gasteiger partial charge in [-0.1, -0.05) is 0 Å². The predicted molar refractivity (Wildman–Crippen MR) is 78.6 cm³/mol. The van der Waals surface area contributed by atoms with E-state index in [9.17, 15) is 4.79 Å². The van der Waals surface area contributed by atoms with Crippen molar-refractivity contribution < 1.29 is 9.53 Å². The van der Waals surface area contributed by atoms with E-state index in [0.717, 1.165) is 36.9 Å². The zero-order chi connectivity index (χ0) is 15.2. The Morgan fingerprint density at radius 3 is 2.90 bits per heavy atom. The molecule has 21 heavy (non-hydrogen) atoms. The minimum atomic E-state index is -0.483. The third-order valence-corrected chi connectivity index (χ3v) is 4.06. The number of hydrogen-bond acceptors (Lipinski definition) is 5. The van der Waals surface area contributed by atoms with Crippen LogP contribution in [0.25, 0.3) is 0 Å². The molecule has 1 saturated heterocycles. The molecule has 6 nitrogen and oxygen atoms in total. The highest BCUT2D eigenvalue weighted by atomic mass is 16.6. The van der Waals surface area contributed by atoms with E-state index < -0.39 is 5.60 Å². The lowest BCUT2D eigenvalue weighted by molar-refractivity contribution is -0.0100. The summed E-state index contributed by atoms with van der Waals surface area (Å²) in [7, 11) is 0. The number of carbonyl (C=O) groups excluding carboxylic acids is 1. The largest absolute Gasteiger partial charge is 0.444 e. The number of nitrogens with zero attached hydrogens (tertiary/aromatic N) is 3. The van der Waals surface area contributed by atoms with Crippen molar-refractivity contribution in [1.29, 1.82) is 0 Å². The average Bonchev–Trinajstić information content (AvgIpc) is 2.35. The molecule has 1 fully saturated rings. The molecule has 2 N–H and O–H groups in total. The highest BCUT2D eigenvalue weighted by Gasteiger charge is 2.42. The molecule has 0 aliphatic carbocycles. The smallest absolute Gasteiger partial charge is 0.411 e. The van der Waals surface area contributed by atoms with E-state index >= 15 is 0 Å². The molecule has 2 bridgehead atoms. The summed E-state index contributed by atoms with van der Waals surface area (Å²) in [6, 6.07) is 0.170. The molecule has 0 aromatic carbocycles. The minimum Gasteiger partial charge on any atom is -0.444 e. The second kappa shape index (κ2) is 4.86. The zero-order valence-corrected chi connectivity index (χ0v) is 12.8. The van der Waals surface area contributed by atoms with Crippen molar-refractivity contribution >= 4 is 12.0 Å². The van der Waals surface area contributed by atoms with Crippen LogP contribution in [-0.2, 0) is 11.2 Å². The molecule has 2 aliphatic rings. The van der Waals surface area contributed by atoms with Gasteiger partial charge in [0.15, 0.2) is 0 Å². The van der Waals surface area contributed by atoms with Crippen LogP contribution >= 0.6 is 0 Å². The highest BCUT2D eigenvalue weighted by Crippen LogP contribution is 2.41. The van der Waals surface area contributed by atoms with E-state index in [-0.39, 0.29) is 18.2 Å². The van der Waals surface area contributed by atoms with Gasteiger partial charge in [-0.15, -0.1) is 0 Å². The Bertz CT molecular complexity index is 567. The van der Waals surface area contributed by atoms with Crippen LogP contribution in [0.4, 0.5) is 10.7 Å². The van der Waals surface area contributed by atoms with Gasteiger partial charge in [-0.05, 0) is 40.0 Å². The molecule has 6 heteroatoms. The number of nitrogens with two attached hydrogens (primary N) is 1. The van der Waals surface area contributed by atoms with E-state index in [1.165, 1.54) is 0 Å². The van der Waals surface area contributed by atoms with Crippen LogP contribution in [0.15, 0.2) is 6.20 Å². The second-order valence-corrected chi connectivity index (χ2v) is 6.82. The molecule has 2 aliphatic heterocycles. The van der Waals surface area contributed by atoms with Gasteiger partial charge < -0.3 is 10.5 Å². The summed E-state index contributed by atoms with van der Waals surface area (Å²) in [4.78, 5) is 22.9. The Morgan fingerprint density at radius 2 is 2.19 bits per heavy atom. The topological polar surface area (TPSA) is 81.3 Å². The normalized spacial score (nSPS) is 24.4. The summed E-state index contributed by atoms with van der Waals surface area (Å²) >= 11 is 0. The SMILES string of the molecule is CC(C)(C)OC(=O)N1C2CCCC1c1cnc(N)nc1C2. The molecule has 2 atom stereocenters. The predicted octanol–water partition coefficient (Wildman–Crippen LogP) is 2.45. The van der Waals surface area contributed by atoms with Gasteiger partial charge in [0.05, 0.1) is 11.7 Å². The van der Waals surface area contributed by atoms with Crippen molar-refractivity contribution in [3.63, 3.8) is 0 Å². The Labute approximate surface area is 124 Å². The van der Waals surface area contributed by atoms with Crippen molar-refractivity contribution in [3.8, 4) is 0 Å². The minimum absolute atomic E-state index is 0.0166. The second-order valence-electron chi connectivity index (χ2n) is 6.82. The molecule has 3 rings (SSSR count). The number of rotatable bonds is 0. The fourth-order valence-electron chi connectivity index (χ4n) is 3.28. The van der Waals surface area contributed by atoms with E-state index in [0.29, 0.717) is 5.95 Å². The summed E-state index contributed by atoms with van der Waals surface area (Å²) in [5.74, 6) is 0.303. The van der Waals surface area contributed by atoms with Crippen molar-refractivity contribution in [2.45, 2.75) is 64.1 Å². The lowest BCUT2D eigenvalue weighted by Crippen LogP contribution is -2.51. The number of carbonyl (C=O) groups is 1. The van der Waals surface area contributed by atoms with Gasteiger partial charge >= 0.3 is 6.09 Å². The lowest BCUT2D eigenvalue weighted by Gasteiger charge is -2.46. The molecule has 1 amide bonds. The van der Waals surface area contributed by atoms with E-state index in [1.54, 1.807) is 6.20 Å². The first-order valence-electron chi connectivity index (χ1n) is 7.48. The van der Waals surface area contributed by atoms with Crippen molar-refractivity contribution in [2.75, 3.05) is 5.73 Å². The van der Waals surface area contributed by atoms with Gasteiger partial charge in [0.2, 0.25) is 5.95 Å². The molecule has 1 aromatic heterocycles. The van der Waals surface area contributed by atoms with Crippen LogP contribution in [0.5, 0.6) is 0 Å². The van der Waals surface area contributed by atoms with E-state index in [4.69, 9.17) is 10.5 Å².